The molecule has 0 aromatic carbocycles. The SMILES string of the molecule is Cc1oc(C)c(C(=O)NC(C)(C)C(C)N)c1C. The fraction of sp³-hybridized carbons (Fsp3) is 0.615. The molecule has 4 heteroatoms. The van der Waals surface area contributed by atoms with Crippen molar-refractivity contribution in [2.24, 2.45) is 5.73 Å². The number of aryl methyl sites for hydroxylation is 2. The van der Waals surface area contributed by atoms with Crippen LogP contribution in [0.25, 0.3) is 0 Å². The monoisotopic (exact) mass is 238 g/mol. The molecule has 0 aliphatic carbocycles. The van der Waals surface area contributed by atoms with Gasteiger partial charge in [0.05, 0.1) is 5.56 Å². The summed E-state index contributed by atoms with van der Waals surface area (Å²) in [5.41, 5.74) is 6.91. The topological polar surface area (TPSA) is 68.3 Å². The molecule has 17 heavy (non-hydrogen) atoms. The number of carbonyl (C=O) groups excluding carboxylic acids is 1. The molecule has 0 radical (unpaired) electrons. The van der Waals surface area contributed by atoms with Crippen LogP contribution in [-0.2, 0) is 0 Å². The molecule has 3 N–H and O–H groups in total. The molecule has 0 aliphatic heterocycles. The first kappa shape index (κ1) is 13.8. The Balaban J connectivity index is 2.99. The second-order valence-corrected chi connectivity index (χ2v) is 5.18. The van der Waals surface area contributed by atoms with Crippen molar-refractivity contribution in [3.8, 4) is 0 Å². The van der Waals surface area contributed by atoms with E-state index in [9.17, 15) is 4.79 Å². The van der Waals surface area contributed by atoms with Crippen LogP contribution in [0.1, 0.15) is 48.2 Å². The number of hydrogen-bond acceptors (Lipinski definition) is 3. The van der Waals surface area contributed by atoms with E-state index in [2.05, 4.69) is 5.32 Å². The second kappa shape index (κ2) is 4.53. The van der Waals surface area contributed by atoms with Crippen LogP contribution < -0.4 is 11.1 Å². The van der Waals surface area contributed by atoms with E-state index in [1.165, 1.54) is 0 Å². The van der Waals surface area contributed by atoms with E-state index in [0.717, 1.165) is 11.3 Å². The third kappa shape index (κ3) is 2.69. The Morgan fingerprint density at radius 1 is 1.29 bits per heavy atom. The molecular weight excluding hydrogens is 216 g/mol. The van der Waals surface area contributed by atoms with E-state index in [0.29, 0.717) is 11.3 Å². The van der Waals surface area contributed by atoms with E-state index in [1.807, 2.05) is 34.6 Å². The predicted molar refractivity (Wildman–Crippen MR) is 68.1 cm³/mol. The minimum atomic E-state index is -0.443. The van der Waals surface area contributed by atoms with Crippen molar-refractivity contribution < 1.29 is 9.21 Å². The van der Waals surface area contributed by atoms with Gasteiger partial charge in [0.25, 0.3) is 5.91 Å². The molecule has 96 valence electrons. The summed E-state index contributed by atoms with van der Waals surface area (Å²) < 4.78 is 5.45. The van der Waals surface area contributed by atoms with Crippen LogP contribution in [0, 0.1) is 20.8 Å². The maximum absolute atomic E-state index is 12.2. The van der Waals surface area contributed by atoms with Gasteiger partial charge in [0.2, 0.25) is 0 Å². The fourth-order valence-corrected chi connectivity index (χ4v) is 1.60. The number of furan rings is 1. The summed E-state index contributed by atoms with van der Waals surface area (Å²) >= 11 is 0. The van der Waals surface area contributed by atoms with Crippen LogP contribution in [0.5, 0.6) is 0 Å². The van der Waals surface area contributed by atoms with Gasteiger partial charge in [0.15, 0.2) is 0 Å². The normalized spacial score (nSPS) is 13.6. The maximum Gasteiger partial charge on any atom is 0.255 e. The highest BCUT2D eigenvalue weighted by atomic mass is 16.3. The van der Waals surface area contributed by atoms with Gasteiger partial charge in [0, 0.05) is 17.1 Å². The highest BCUT2D eigenvalue weighted by Crippen LogP contribution is 2.21. The first-order valence-corrected chi connectivity index (χ1v) is 5.81. The first-order chi connectivity index (χ1) is 7.66. The Kier molecular flexibility index (Phi) is 3.67. The average molecular weight is 238 g/mol. The summed E-state index contributed by atoms with van der Waals surface area (Å²) in [4.78, 5) is 12.2. The number of nitrogens with two attached hydrogens (primary N) is 1. The highest BCUT2D eigenvalue weighted by Gasteiger charge is 2.28. The van der Waals surface area contributed by atoms with Crippen LogP contribution in [0.3, 0.4) is 0 Å². The van der Waals surface area contributed by atoms with E-state index >= 15 is 0 Å². The summed E-state index contributed by atoms with van der Waals surface area (Å²) in [7, 11) is 0. The molecule has 0 saturated carbocycles. The molecule has 0 fully saturated rings. The number of rotatable bonds is 3. The lowest BCUT2D eigenvalue weighted by atomic mass is 9.96. The Hall–Kier alpha value is -1.29. The first-order valence-electron chi connectivity index (χ1n) is 5.81. The Morgan fingerprint density at radius 2 is 1.82 bits per heavy atom. The minimum Gasteiger partial charge on any atom is -0.466 e. The summed E-state index contributed by atoms with van der Waals surface area (Å²) in [6, 6.07) is -0.125. The summed E-state index contributed by atoms with van der Waals surface area (Å²) in [5.74, 6) is 1.31. The van der Waals surface area contributed by atoms with Gasteiger partial charge >= 0.3 is 0 Å². The second-order valence-electron chi connectivity index (χ2n) is 5.18. The molecule has 1 atom stereocenters. The van der Waals surface area contributed by atoms with E-state index < -0.39 is 5.54 Å². The molecular formula is C13H22N2O2. The van der Waals surface area contributed by atoms with Crippen molar-refractivity contribution >= 4 is 5.91 Å². The number of nitrogens with one attached hydrogen (secondary N) is 1. The average Bonchev–Trinajstić information content (AvgIpc) is 2.39. The van der Waals surface area contributed by atoms with Crippen molar-refractivity contribution in [3.63, 3.8) is 0 Å². The molecule has 1 heterocycles. The van der Waals surface area contributed by atoms with Crippen molar-refractivity contribution in [1.82, 2.24) is 5.32 Å². The van der Waals surface area contributed by atoms with E-state index in [4.69, 9.17) is 10.2 Å². The van der Waals surface area contributed by atoms with Crippen molar-refractivity contribution in [2.45, 2.75) is 53.1 Å². The molecule has 1 aromatic heterocycles. The minimum absolute atomic E-state index is 0.125. The van der Waals surface area contributed by atoms with Gasteiger partial charge in [-0.15, -0.1) is 0 Å². The zero-order valence-corrected chi connectivity index (χ0v) is 11.5. The molecule has 4 nitrogen and oxygen atoms in total. The van der Waals surface area contributed by atoms with Gasteiger partial charge in [-0.25, -0.2) is 0 Å². The van der Waals surface area contributed by atoms with E-state index in [-0.39, 0.29) is 11.9 Å². The standard InChI is InChI=1S/C13H22N2O2/c1-7-8(2)17-9(3)11(7)12(16)15-13(5,6)10(4)14/h10H,14H2,1-6H3,(H,15,16). The lowest BCUT2D eigenvalue weighted by Crippen LogP contribution is -2.54. The Bertz CT molecular complexity index is 431. The van der Waals surface area contributed by atoms with Crippen LogP contribution in [0.2, 0.25) is 0 Å². The summed E-state index contributed by atoms with van der Waals surface area (Å²) in [6.07, 6.45) is 0. The maximum atomic E-state index is 12.2. The molecule has 0 bridgehead atoms. The molecule has 1 rings (SSSR count). The summed E-state index contributed by atoms with van der Waals surface area (Å²) in [6.45, 7) is 11.2. The third-order valence-electron chi connectivity index (χ3n) is 3.36. The van der Waals surface area contributed by atoms with Crippen LogP contribution in [0.4, 0.5) is 0 Å². The van der Waals surface area contributed by atoms with Gasteiger partial charge in [-0.3, -0.25) is 4.79 Å². The van der Waals surface area contributed by atoms with Crippen molar-refractivity contribution in [3.05, 3.63) is 22.6 Å². The van der Waals surface area contributed by atoms with Gasteiger partial charge in [0.1, 0.15) is 11.5 Å². The molecule has 0 aliphatic rings. The predicted octanol–water partition coefficient (Wildman–Crippen LogP) is 2.06. The Labute approximate surface area is 103 Å². The quantitative estimate of drug-likeness (QED) is 0.847. The van der Waals surface area contributed by atoms with Crippen molar-refractivity contribution in [2.75, 3.05) is 0 Å². The summed E-state index contributed by atoms with van der Waals surface area (Å²) in [5, 5.41) is 2.94. The van der Waals surface area contributed by atoms with Gasteiger partial charge in [-0.05, 0) is 41.5 Å². The van der Waals surface area contributed by atoms with E-state index in [1.54, 1.807) is 6.92 Å². The Morgan fingerprint density at radius 3 is 2.18 bits per heavy atom. The molecule has 0 spiro atoms. The molecule has 1 unspecified atom stereocenters. The fourth-order valence-electron chi connectivity index (χ4n) is 1.60. The molecule has 0 saturated heterocycles. The lowest BCUT2D eigenvalue weighted by molar-refractivity contribution is 0.0901. The third-order valence-corrected chi connectivity index (χ3v) is 3.36. The molecule has 1 amide bonds. The lowest BCUT2D eigenvalue weighted by Gasteiger charge is -2.30. The molecule has 1 aromatic rings. The highest BCUT2D eigenvalue weighted by molar-refractivity contribution is 5.97. The van der Waals surface area contributed by atoms with Crippen LogP contribution >= 0.6 is 0 Å². The zero-order valence-electron chi connectivity index (χ0n) is 11.5. The smallest absolute Gasteiger partial charge is 0.255 e. The number of carbonyl (C=O) groups is 1. The van der Waals surface area contributed by atoms with Crippen LogP contribution in [-0.4, -0.2) is 17.5 Å². The number of hydrogen-bond donors (Lipinski definition) is 2. The van der Waals surface area contributed by atoms with Crippen molar-refractivity contribution in [1.29, 1.82) is 0 Å². The largest absolute Gasteiger partial charge is 0.466 e. The van der Waals surface area contributed by atoms with Gasteiger partial charge < -0.3 is 15.5 Å². The zero-order chi connectivity index (χ0) is 13.4. The van der Waals surface area contributed by atoms with Gasteiger partial charge in [-0.1, -0.05) is 0 Å². The van der Waals surface area contributed by atoms with Crippen LogP contribution in [0.15, 0.2) is 4.42 Å². The van der Waals surface area contributed by atoms with Gasteiger partial charge in [-0.2, -0.15) is 0 Å². The number of amides is 1.